The van der Waals surface area contributed by atoms with E-state index in [1.54, 1.807) is 6.07 Å². The summed E-state index contributed by atoms with van der Waals surface area (Å²) in [5, 5.41) is 2.92. The van der Waals surface area contributed by atoms with Gasteiger partial charge in [-0.25, -0.2) is 0 Å². The summed E-state index contributed by atoms with van der Waals surface area (Å²) in [4.78, 5) is 24.1. The van der Waals surface area contributed by atoms with Gasteiger partial charge < -0.3 is 10.1 Å². The molecule has 0 spiro atoms. The predicted molar refractivity (Wildman–Crippen MR) is 83.7 cm³/mol. The van der Waals surface area contributed by atoms with Crippen molar-refractivity contribution in [3.63, 3.8) is 0 Å². The number of aldehydes is 1. The molecule has 0 aliphatic heterocycles. The maximum absolute atomic E-state index is 12.0. The molecule has 4 heteroatoms. The Morgan fingerprint density at radius 2 is 1.95 bits per heavy atom. The molecule has 108 valence electrons. The van der Waals surface area contributed by atoms with E-state index in [-0.39, 0.29) is 5.91 Å². The molecule has 1 amide bonds. The van der Waals surface area contributed by atoms with Crippen LogP contribution in [-0.2, 0) is 17.8 Å². The van der Waals surface area contributed by atoms with Crippen LogP contribution in [0.5, 0.6) is 0 Å². The molecule has 1 aliphatic carbocycles. The molecule has 1 aromatic heterocycles. The summed E-state index contributed by atoms with van der Waals surface area (Å²) in [5.41, 5.74) is 2.51. The van der Waals surface area contributed by atoms with Gasteiger partial charge in [-0.2, -0.15) is 0 Å². The quantitative estimate of drug-likeness (QED) is 0.832. The van der Waals surface area contributed by atoms with Crippen molar-refractivity contribution >= 4 is 23.5 Å². The number of thiophene rings is 1. The number of nitrogens with one attached hydrogen (secondary N) is 1. The molecule has 1 aromatic carbocycles. The van der Waals surface area contributed by atoms with Gasteiger partial charge in [-0.15, -0.1) is 11.3 Å². The van der Waals surface area contributed by atoms with E-state index in [1.165, 1.54) is 29.7 Å². The first kappa shape index (κ1) is 14.0. The molecule has 1 aliphatic rings. The van der Waals surface area contributed by atoms with Gasteiger partial charge in [0.05, 0.1) is 4.88 Å². The summed E-state index contributed by atoms with van der Waals surface area (Å²) in [7, 11) is 0. The summed E-state index contributed by atoms with van der Waals surface area (Å²) in [6.07, 6.45) is 3.84. The van der Waals surface area contributed by atoms with Crippen LogP contribution in [0, 0.1) is 0 Å². The lowest BCUT2D eigenvalue weighted by Gasteiger charge is -2.05. The van der Waals surface area contributed by atoms with E-state index in [0.717, 1.165) is 22.6 Å². The van der Waals surface area contributed by atoms with Crippen LogP contribution in [0.1, 0.15) is 44.4 Å². The molecular weight excluding hydrogens is 282 g/mol. The number of benzene rings is 1. The molecule has 1 N–H and O–H groups in total. The molecule has 21 heavy (non-hydrogen) atoms. The summed E-state index contributed by atoms with van der Waals surface area (Å²) >= 11 is 1.37. The van der Waals surface area contributed by atoms with Gasteiger partial charge in [0.2, 0.25) is 0 Å². The number of amides is 1. The van der Waals surface area contributed by atoms with Crippen molar-refractivity contribution in [1.29, 1.82) is 0 Å². The van der Waals surface area contributed by atoms with Crippen molar-refractivity contribution in [1.82, 2.24) is 5.32 Å². The minimum Gasteiger partial charge on any atom is -0.347 e. The topological polar surface area (TPSA) is 46.2 Å². The van der Waals surface area contributed by atoms with Crippen LogP contribution in [-0.4, -0.2) is 12.2 Å². The Balaban J connectivity index is 1.55. The van der Waals surface area contributed by atoms with E-state index >= 15 is 0 Å². The van der Waals surface area contributed by atoms with Gasteiger partial charge in [-0.1, -0.05) is 24.3 Å². The number of carbonyl (C=O) groups excluding carboxylic acids is 2. The fraction of sp³-hybridized carbons (Fsp3) is 0.294. The highest BCUT2D eigenvalue weighted by atomic mass is 32.1. The second kappa shape index (κ2) is 6.22. The maximum Gasteiger partial charge on any atom is 0.261 e. The Morgan fingerprint density at radius 3 is 2.62 bits per heavy atom. The van der Waals surface area contributed by atoms with Crippen LogP contribution in [0.15, 0.2) is 36.4 Å². The Hall–Kier alpha value is -1.94. The van der Waals surface area contributed by atoms with Gasteiger partial charge in [0.1, 0.15) is 6.29 Å². The van der Waals surface area contributed by atoms with Crippen molar-refractivity contribution in [3.05, 3.63) is 57.3 Å². The number of rotatable bonds is 6. The molecule has 3 rings (SSSR count). The predicted octanol–water partition coefficient (Wildman–Crippen LogP) is 3.30. The third-order valence-electron chi connectivity index (χ3n) is 3.65. The number of hydrogen-bond acceptors (Lipinski definition) is 3. The van der Waals surface area contributed by atoms with Crippen molar-refractivity contribution in [2.45, 2.75) is 31.7 Å². The van der Waals surface area contributed by atoms with Crippen LogP contribution < -0.4 is 5.32 Å². The maximum atomic E-state index is 12.0. The molecule has 1 fully saturated rings. The standard InChI is InChI=1S/C17H17NO2S/c19-10-9-15-7-8-16(21-15)17(20)18-11-12-1-3-13(4-2-12)14-5-6-14/h1-4,7-8,10,14H,5-6,9,11H2,(H,18,20). The zero-order valence-electron chi connectivity index (χ0n) is 11.7. The SMILES string of the molecule is O=CCc1ccc(C(=O)NCc2ccc(C3CC3)cc2)s1. The normalized spacial score (nSPS) is 13.9. The summed E-state index contributed by atoms with van der Waals surface area (Å²) in [5.74, 6) is 0.680. The van der Waals surface area contributed by atoms with E-state index in [1.807, 2.05) is 6.07 Å². The molecule has 1 heterocycles. The summed E-state index contributed by atoms with van der Waals surface area (Å²) in [6.45, 7) is 0.532. The van der Waals surface area contributed by atoms with E-state index in [9.17, 15) is 9.59 Å². The minimum atomic E-state index is -0.0802. The molecule has 0 saturated heterocycles. The zero-order chi connectivity index (χ0) is 14.7. The zero-order valence-corrected chi connectivity index (χ0v) is 12.5. The highest BCUT2D eigenvalue weighted by Crippen LogP contribution is 2.39. The van der Waals surface area contributed by atoms with Crippen LogP contribution in [0.25, 0.3) is 0 Å². The van der Waals surface area contributed by atoms with Crippen LogP contribution in [0.4, 0.5) is 0 Å². The molecule has 0 atom stereocenters. The third-order valence-corrected chi connectivity index (χ3v) is 4.76. The highest BCUT2D eigenvalue weighted by Gasteiger charge is 2.22. The molecule has 3 nitrogen and oxygen atoms in total. The molecule has 0 unspecified atom stereocenters. The third kappa shape index (κ3) is 3.58. The van der Waals surface area contributed by atoms with Crippen molar-refractivity contribution in [2.75, 3.05) is 0 Å². The highest BCUT2D eigenvalue weighted by molar-refractivity contribution is 7.14. The van der Waals surface area contributed by atoms with Gasteiger partial charge >= 0.3 is 0 Å². The Kier molecular flexibility index (Phi) is 4.15. The van der Waals surface area contributed by atoms with Crippen LogP contribution in [0.2, 0.25) is 0 Å². The minimum absolute atomic E-state index is 0.0802. The summed E-state index contributed by atoms with van der Waals surface area (Å²) in [6, 6.07) is 12.1. The first-order valence-electron chi connectivity index (χ1n) is 7.15. The lowest BCUT2D eigenvalue weighted by Crippen LogP contribution is -2.21. The van der Waals surface area contributed by atoms with Crippen molar-refractivity contribution < 1.29 is 9.59 Å². The first-order valence-corrected chi connectivity index (χ1v) is 7.97. The molecule has 0 radical (unpaired) electrons. The average Bonchev–Trinajstić information content (AvgIpc) is 3.25. The summed E-state index contributed by atoms with van der Waals surface area (Å²) < 4.78 is 0. The number of hydrogen-bond donors (Lipinski definition) is 1. The van der Waals surface area contributed by atoms with Crippen LogP contribution >= 0.6 is 11.3 Å². The van der Waals surface area contributed by atoms with E-state index in [2.05, 4.69) is 29.6 Å². The van der Waals surface area contributed by atoms with Gasteiger partial charge in [0.15, 0.2) is 0 Å². The largest absolute Gasteiger partial charge is 0.347 e. The molecule has 1 saturated carbocycles. The average molecular weight is 299 g/mol. The fourth-order valence-electron chi connectivity index (χ4n) is 2.29. The lowest BCUT2D eigenvalue weighted by atomic mass is 10.1. The van der Waals surface area contributed by atoms with Gasteiger partial charge in [-0.3, -0.25) is 4.79 Å². The smallest absolute Gasteiger partial charge is 0.261 e. The van der Waals surface area contributed by atoms with E-state index < -0.39 is 0 Å². The second-order valence-electron chi connectivity index (χ2n) is 5.34. The lowest BCUT2D eigenvalue weighted by molar-refractivity contribution is -0.107. The first-order chi connectivity index (χ1) is 10.3. The fourth-order valence-corrected chi connectivity index (χ4v) is 3.16. The molecular formula is C17H17NO2S. The Morgan fingerprint density at radius 1 is 1.19 bits per heavy atom. The Bertz CT molecular complexity index is 641. The van der Waals surface area contributed by atoms with E-state index in [4.69, 9.17) is 0 Å². The van der Waals surface area contributed by atoms with Gasteiger partial charge in [0.25, 0.3) is 5.91 Å². The van der Waals surface area contributed by atoms with Gasteiger partial charge in [-0.05, 0) is 42.0 Å². The monoisotopic (exact) mass is 299 g/mol. The second-order valence-corrected chi connectivity index (χ2v) is 6.50. The van der Waals surface area contributed by atoms with Crippen molar-refractivity contribution in [2.24, 2.45) is 0 Å². The van der Waals surface area contributed by atoms with Crippen molar-refractivity contribution in [3.8, 4) is 0 Å². The van der Waals surface area contributed by atoms with E-state index in [0.29, 0.717) is 17.8 Å². The molecule has 0 bridgehead atoms. The van der Waals surface area contributed by atoms with Gasteiger partial charge in [0, 0.05) is 17.8 Å². The molecule has 2 aromatic rings. The Labute approximate surface area is 128 Å². The van der Waals surface area contributed by atoms with Crippen LogP contribution in [0.3, 0.4) is 0 Å². The number of carbonyl (C=O) groups is 2.